The fraction of sp³-hybridized carbons (Fsp3) is 0.333. The van der Waals surface area contributed by atoms with E-state index in [0.29, 0.717) is 18.7 Å². The average molecular weight is 227 g/mol. The number of halogens is 3. The Kier molecular flexibility index (Phi) is 4.24. The number of nitrogens with one attached hydrogen (secondary N) is 1. The predicted octanol–water partition coefficient (Wildman–Crippen LogP) is 3.53. The number of benzene rings is 1. The van der Waals surface area contributed by atoms with Crippen LogP contribution in [0.4, 0.5) is 18.9 Å². The molecule has 1 nitrogen and oxygen atoms in total. The first-order valence-corrected chi connectivity index (χ1v) is 4.88. The van der Waals surface area contributed by atoms with Gasteiger partial charge in [-0.15, -0.1) is 12.3 Å². The molecule has 86 valence electrons. The molecule has 0 unspecified atom stereocenters. The highest BCUT2D eigenvalue weighted by molar-refractivity contribution is 5.45. The average Bonchev–Trinajstić information content (AvgIpc) is 2.24. The van der Waals surface area contributed by atoms with Crippen molar-refractivity contribution in [2.24, 2.45) is 0 Å². The topological polar surface area (TPSA) is 12.0 Å². The molecular weight excluding hydrogens is 215 g/mol. The number of hydrogen-bond acceptors (Lipinski definition) is 1. The van der Waals surface area contributed by atoms with Crippen molar-refractivity contribution >= 4 is 5.69 Å². The van der Waals surface area contributed by atoms with Gasteiger partial charge in [0, 0.05) is 18.7 Å². The van der Waals surface area contributed by atoms with Gasteiger partial charge in [-0.05, 0) is 30.7 Å². The Morgan fingerprint density at radius 3 is 2.31 bits per heavy atom. The molecule has 1 N–H and O–H groups in total. The van der Waals surface area contributed by atoms with Gasteiger partial charge in [-0.2, -0.15) is 13.2 Å². The second-order valence-corrected chi connectivity index (χ2v) is 3.31. The monoisotopic (exact) mass is 227 g/mol. The van der Waals surface area contributed by atoms with Gasteiger partial charge in [0.25, 0.3) is 0 Å². The number of anilines is 1. The number of terminal acetylenes is 1. The number of rotatable bonds is 4. The summed E-state index contributed by atoms with van der Waals surface area (Å²) < 4.78 is 36.7. The molecule has 0 amide bonds. The number of unbranched alkanes of at least 4 members (excludes halogenated alkanes) is 1. The lowest BCUT2D eigenvalue weighted by Gasteiger charge is -2.08. The predicted molar refractivity (Wildman–Crippen MR) is 58.0 cm³/mol. The zero-order chi connectivity index (χ0) is 12.0. The second-order valence-electron chi connectivity index (χ2n) is 3.31. The summed E-state index contributed by atoms with van der Waals surface area (Å²) in [5.41, 5.74) is 0.0340. The molecule has 0 heterocycles. The van der Waals surface area contributed by atoms with Gasteiger partial charge < -0.3 is 5.32 Å². The van der Waals surface area contributed by atoms with Crippen LogP contribution in [0.2, 0.25) is 0 Å². The van der Waals surface area contributed by atoms with E-state index >= 15 is 0 Å². The van der Waals surface area contributed by atoms with Crippen molar-refractivity contribution < 1.29 is 13.2 Å². The lowest BCUT2D eigenvalue weighted by molar-refractivity contribution is -0.137. The van der Waals surface area contributed by atoms with Gasteiger partial charge in [-0.1, -0.05) is 0 Å². The summed E-state index contributed by atoms with van der Waals surface area (Å²) in [6.45, 7) is 0.662. The van der Waals surface area contributed by atoms with E-state index in [2.05, 4.69) is 11.2 Å². The fourth-order valence-corrected chi connectivity index (χ4v) is 1.20. The maximum atomic E-state index is 12.2. The highest BCUT2D eigenvalue weighted by atomic mass is 19.4. The van der Waals surface area contributed by atoms with Crippen LogP contribution in [-0.4, -0.2) is 6.54 Å². The third-order valence-corrected chi connectivity index (χ3v) is 2.04. The van der Waals surface area contributed by atoms with Crippen molar-refractivity contribution in [1.82, 2.24) is 0 Å². The zero-order valence-corrected chi connectivity index (χ0v) is 8.64. The van der Waals surface area contributed by atoms with E-state index in [-0.39, 0.29) is 0 Å². The van der Waals surface area contributed by atoms with Crippen molar-refractivity contribution in [2.75, 3.05) is 11.9 Å². The van der Waals surface area contributed by atoms with E-state index in [1.54, 1.807) is 0 Å². The van der Waals surface area contributed by atoms with Crippen molar-refractivity contribution in [3.05, 3.63) is 29.8 Å². The van der Waals surface area contributed by atoms with Crippen LogP contribution in [0.15, 0.2) is 24.3 Å². The first-order chi connectivity index (χ1) is 7.54. The molecule has 0 spiro atoms. The van der Waals surface area contributed by atoms with Crippen LogP contribution in [0.1, 0.15) is 18.4 Å². The normalized spacial score (nSPS) is 10.9. The summed E-state index contributed by atoms with van der Waals surface area (Å²) in [7, 11) is 0. The van der Waals surface area contributed by atoms with Gasteiger partial charge in [-0.3, -0.25) is 0 Å². The molecule has 0 aliphatic rings. The molecule has 0 saturated heterocycles. The van der Waals surface area contributed by atoms with Crippen LogP contribution < -0.4 is 5.32 Å². The summed E-state index contributed by atoms with van der Waals surface area (Å²) in [5, 5.41) is 3.00. The molecule has 0 bridgehead atoms. The smallest absolute Gasteiger partial charge is 0.385 e. The summed E-state index contributed by atoms with van der Waals surface area (Å²) in [4.78, 5) is 0. The van der Waals surface area contributed by atoms with E-state index in [1.165, 1.54) is 12.1 Å². The highest BCUT2D eigenvalue weighted by Gasteiger charge is 2.29. The molecule has 0 saturated carbocycles. The molecule has 0 radical (unpaired) electrons. The Morgan fingerprint density at radius 1 is 1.19 bits per heavy atom. The van der Waals surface area contributed by atoms with Crippen LogP contribution in [0.25, 0.3) is 0 Å². The Balaban J connectivity index is 2.49. The first kappa shape index (κ1) is 12.4. The van der Waals surface area contributed by atoms with Crippen molar-refractivity contribution in [3.8, 4) is 12.3 Å². The SMILES string of the molecule is C#CCCCNc1ccc(C(F)(F)F)cc1. The second kappa shape index (κ2) is 5.45. The molecule has 0 aromatic heterocycles. The third-order valence-electron chi connectivity index (χ3n) is 2.04. The Bertz CT molecular complexity index is 359. The summed E-state index contributed by atoms with van der Waals surface area (Å²) in [5.74, 6) is 2.49. The fourth-order valence-electron chi connectivity index (χ4n) is 1.20. The number of hydrogen-bond donors (Lipinski definition) is 1. The molecule has 4 heteroatoms. The minimum atomic E-state index is -4.28. The largest absolute Gasteiger partial charge is 0.416 e. The maximum Gasteiger partial charge on any atom is 0.416 e. The molecule has 1 rings (SSSR count). The molecule has 0 aliphatic carbocycles. The Labute approximate surface area is 92.7 Å². The summed E-state index contributed by atoms with van der Waals surface area (Å²) >= 11 is 0. The van der Waals surface area contributed by atoms with Gasteiger partial charge >= 0.3 is 6.18 Å². The van der Waals surface area contributed by atoms with Crippen molar-refractivity contribution in [3.63, 3.8) is 0 Å². The molecule has 0 atom stereocenters. The Morgan fingerprint density at radius 2 is 1.81 bits per heavy atom. The van der Waals surface area contributed by atoms with E-state index in [9.17, 15) is 13.2 Å². The molecule has 0 aliphatic heterocycles. The van der Waals surface area contributed by atoms with Gasteiger partial charge in [0.05, 0.1) is 5.56 Å². The molecule has 0 fully saturated rings. The van der Waals surface area contributed by atoms with E-state index in [4.69, 9.17) is 6.42 Å². The van der Waals surface area contributed by atoms with E-state index in [0.717, 1.165) is 18.6 Å². The van der Waals surface area contributed by atoms with Gasteiger partial charge in [0.1, 0.15) is 0 Å². The van der Waals surface area contributed by atoms with Crippen molar-refractivity contribution in [2.45, 2.75) is 19.0 Å². The summed E-state index contributed by atoms with van der Waals surface area (Å²) in [6.07, 6.45) is 2.26. The minimum absolute atomic E-state index is 0.637. The van der Waals surface area contributed by atoms with Crippen LogP contribution in [-0.2, 0) is 6.18 Å². The number of alkyl halides is 3. The van der Waals surface area contributed by atoms with E-state index < -0.39 is 11.7 Å². The molecule has 16 heavy (non-hydrogen) atoms. The quantitative estimate of drug-likeness (QED) is 0.613. The third kappa shape index (κ3) is 3.85. The van der Waals surface area contributed by atoms with Gasteiger partial charge in [0.15, 0.2) is 0 Å². The zero-order valence-electron chi connectivity index (χ0n) is 8.64. The van der Waals surface area contributed by atoms with Crippen LogP contribution in [0.5, 0.6) is 0 Å². The molecular formula is C12H12F3N. The first-order valence-electron chi connectivity index (χ1n) is 4.88. The molecule has 1 aromatic carbocycles. The molecule has 1 aromatic rings. The van der Waals surface area contributed by atoms with Crippen LogP contribution in [0.3, 0.4) is 0 Å². The highest BCUT2D eigenvalue weighted by Crippen LogP contribution is 2.29. The van der Waals surface area contributed by atoms with Gasteiger partial charge in [-0.25, -0.2) is 0 Å². The lowest BCUT2D eigenvalue weighted by Crippen LogP contribution is -2.05. The standard InChI is InChI=1S/C12H12F3N/c1-2-3-4-9-16-11-7-5-10(6-8-11)12(13,14)15/h1,5-8,16H,3-4,9H2. The van der Waals surface area contributed by atoms with Crippen LogP contribution >= 0.6 is 0 Å². The van der Waals surface area contributed by atoms with E-state index in [1.807, 2.05) is 0 Å². The van der Waals surface area contributed by atoms with Crippen molar-refractivity contribution in [1.29, 1.82) is 0 Å². The van der Waals surface area contributed by atoms with Crippen LogP contribution in [0, 0.1) is 12.3 Å². The van der Waals surface area contributed by atoms with Gasteiger partial charge in [0.2, 0.25) is 0 Å². The maximum absolute atomic E-state index is 12.2. The lowest BCUT2D eigenvalue weighted by atomic mass is 10.2. The Hall–Kier alpha value is -1.63. The minimum Gasteiger partial charge on any atom is -0.385 e. The summed E-state index contributed by atoms with van der Waals surface area (Å²) in [6, 6.07) is 4.95.